The highest BCUT2D eigenvalue weighted by Crippen LogP contribution is 2.47. The number of carbonyl (C=O) groups excluding carboxylic acids is 1. The smallest absolute Gasteiger partial charge is 0.203 e. The van der Waals surface area contributed by atoms with Crippen LogP contribution in [0.4, 0.5) is 0 Å². The molecule has 0 bridgehead atoms. The molecule has 0 aliphatic rings. The molecule has 0 aliphatic heterocycles. The Morgan fingerprint density at radius 2 is 1.83 bits per heavy atom. The zero-order valence-corrected chi connectivity index (χ0v) is 11.7. The van der Waals surface area contributed by atoms with Crippen molar-refractivity contribution in [3.63, 3.8) is 0 Å². The van der Waals surface area contributed by atoms with Crippen molar-refractivity contribution in [1.29, 1.82) is 0 Å². The Morgan fingerprint density at radius 1 is 1.22 bits per heavy atom. The van der Waals surface area contributed by atoms with E-state index in [0.29, 0.717) is 28.7 Å². The van der Waals surface area contributed by atoms with Crippen LogP contribution >= 0.6 is 11.6 Å². The molecule has 0 N–H and O–H groups in total. The highest BCUT2D eigenvalue weighted by atomic mass is 35.5. The molecule has 0 amide bonds. The Morgan fingerprint density at radius 3 is 2.28 bits per heavy atom. The summed E-state index contributed by atoms with van der Waals surface area (Å²) in [5, 5.41) is 0.499. The van der Waals surface area contributed by atoms with E-state index in [1.54, 1.807) is 6.07 Å². The van der Waals surface area contributed by atoms with Gasteiger partial charge in [-0.3, -0.25) is 0 Å². The molecule has 0 radical (unpaired) electrons. The van der Waals surface area contributed by atoms with Gasteiger partial charge in [0, 0.05) is 18.1 Å². The first kappa shape index (κ1) is 14.6. The van der Waals surface area contributed by atoms with E-state index >= 15 is 0 Å². The number of carbonyl (C=O) groups is 1. The van der Waals surface area contributed by atoms with Gasteiger partial charge in [-0.2, -0.15) is 0 Å². The number of methoxy groups -OCH3 is 3. The van der Waals surface area contributed by atoms with Gasteiger partial charge in [0.05, 0.1) is 26.4 Å². The first-order valence-corrected chi connectivity index (χ1v) is 5.90. The SMILES string of the molecule is COc1cc(Cl)c(C(C)CC=O)c(OC)c1OC. The van der Waals surface area contributed by atoms with Crippen LogP contribution in [0, 0.1) is 0 Å². The van der Waals surface area contributed by atoms with Crippen LogP contribution in [0.25, 0.3) is 0 Å². The van der Waals surface area contributed by atoms with E-state index in [4.69, 9.17) is 25.8 Å². The Bertz CT molecular complexity index is 431. The molecule has 0 spiro atoms. The zero-order chi connectivity index (χ0) is 13.7. The fourth-order valence-corrected chi connectivity index (χ4v) is 2.24. The van der Waals surface area contributed by atoms with Gasteiger partial charge in [-0.25, -0.2) is 0 Å². The molecule has 18 heavy (non-hydrogen) atoms. The zero-order valence-electron chi connectivity index (χ0n) is 11.0. The van der Waals surface area contributed by atoms with Crippen LogP contribution in [0.2, 0.25) is 5.02 Å². The van der Waals surface area contributed by atoms with E-state index in [1.165, 1.54) is 21.3 Å². The highest BCUT2D eigenvalue weighted by molar-refractivity contribution is 6.32. The Labute approximate surface area is 112 Å². The van der Waals surface area contributed by atoms with Gasteiger partial charge in [-0.15, -0.1) is 0 Å². The van der Waals surface area contributed by atoms with E-state index in [1.807, 2.05) is 6.92 Å². The molecule has 0 saturated heterocycles. The molecule has 1 aromatic rings. The number of ether oxygens (including phenoxy) is 3. The summed E-state index contributed by atoms with van der Waals surface area (Å²) >= 11 is 6.22. The van der Waals surface area contributed by atoms with E-state index in [9.17, 15) is 4.79 Å². The molecule has 0 fully saturated rings. The van der Waals surface area contributed by atoms with E-state index < -0.39 is 0 Å². The second-order valence-electron chi connectivity index (χ2n) is 3.84. The normalized spacial score (nSPS) is 11.8. The molecule has 1 atom stereocenters. The molecule has 5 heteroatoms. The summed E-state index contributed by atoms with van der Waals surface area (Å²) in [6.07, 6.45) is 1.22. The predicted octanol–water partition coefficient (Wildman–Crippen LogP) is 3.06. The van der Waals surface area contributed by atoms with Crippen LogP contribution in [0.5, 0.6) is 17.2 Å². The maximum atomic E-state index is 10.6. The Balaban J connectivity index is 3.45. The van der Waals surface area contributed by atoms with E-state index in [2.05, 4.69) is 0 Å². The molecule has 4 nitrogen and oxygen atoms in total. The summed E-state index contributed by atoms with van der Waals surface area (Å²) < 4.78 is 15.8. The standard InChI is InChI=1S/C13H17ClO4/c1-8(5-6-15)11-9(14)7-10(16-2)12(17-3)13(11)18-4/h6-8H,5H2,1-4H3. The first-order chi connectivity index (χ1) is 8.60. The van der Waals surface area contributed by atoms with Gasteiger partial charge in [-0.05, 0) is 5.92 Å². The Kier molecular flexibility index (Phi) is 5.28. The highest BCUT2D eigenvalue weighted by Gasteiger charge is 2.23. The van der Waals surface area contributed by atoms with Crippen LogP contribution in [-0.2, 0) is 4.79 Å². The molecule has 1 rings (SSSR count). The fourth-order valence-electron chi connectivity index (χ4n) is 1.87. The number of halogens is 1. The van der Waals surface area contributed by atoms with Crippen molar-refractivity contribution < 1.29 is 19.0 Å². The lowest BCUT2D eigenvalue weighted by Crippen LogP contribution is -2.03. The summed E-state index contributed by atoms with van der Waals surface area (Å²) in [6.45, 7) is 1.91. The maximum Gasteiger partial charge on any atom is 0.203 e. The van der Waals surface area contributed by atoms with Gasteiger partial charge >= 0.3 is 0 Å². The van der Waals surface area contributed by atoms with E-state index in [0.717, 1.165) is 11.8 Å². The molecule has 0 saturated carbocycles. The minimum atomic E-state index is -0.0512. The van der Waals surface area contributed by atoms with Gasteiger partial charge in [0.25, 0.3) is 0 Å². The van der Waals surface area contributed by atoms with Gasteiger partial charge in [0.1, 0.15) is 6.29 Å². The average molecular weight is 273 g/mol. The van der Waals surface area contributed by atoms with Crippen LogP contribution in [0.15, 0.2) is 6.07 Å². The summed E-state index contributed by atoms with van der Waals surface area (Å²) in [6, 6.07) is 1.67. The van der Waals surface area contributed by atoms with Crippen LogP contribution in [0.1, 0.15) is 24.8 Å². The quantitative estimate of drug-likeness (QED) is 0.747. The topological polar surface area (TPSA) is 44.8 Å². The van der Waals surface area contributed by atoms with Crippen LogP contribution in [0.3, 0.4) is 0 Å². The molecule has 0 heterocycles. The van der Waals surface area contributed by atoms with Crippen molar-refractivity contribution in [3.05, 3.63) is 16.7 Å². The summed E-state index contributed by atoms with van der Waals surface area (Å²) in [5.41, 5.74) is 0.754. The summed E-state index contributed by atoms with van der Waals surface area (Å²) in [4.78, 5) is 10.6. The molecular formula is C13H17ClO4. The lowest BCUT2D eigenvalue weighted by Gasteiger charge is -2.20. The van der Waals surface area contributed by atoms with E-state index in [-0.39, 0.29) is 5.92 Å². The van der Waals surface area contributed by atoms with Crippen molar-refractivity contribution >= 4 is 17.9 Å². The second-order valence-corrected chi connectivity index (χ2v) is 4.25. The number of rotatable bonds is 6. The van der Waals surface area contributed by atoms with Gasteiger partial charge in [0.15, 0.2) is 11.5 Å². The number of hydrogen-bond donors (Lipinski definition) is 0. The molecule has 0 aliphatic carbocycles. The van der Waals surface area contributed by atoms with Gasteiger partial charge in [-0.1, -0.05) is 18.5 Å². The van der Waals surface area contributed by atoms with Crippen molar-refractivity contribution in [2.24, 2.45) is 0 Å². The molecule has 1 aromatic carbocycles. The molecular weight excluding hydrogens is 256 g/mol. The van der Waals surface area contributed by atoms with Crippen LogP contribution < -0.4 is 14.2 Å². The number of benzene rings is 1. The minimum absolute atomic E-state index is 0.0512. The average Bonchev–Trinajstić information content (AvgIpc) is 2.37. The lowest BCUT2D eigenvalue weighted by molar-refractivity contribution is -0.108. The van der Waals surface area contributed by atoms with Crippen molar-refractivity contribution in [2.45, 2.75) is 19.3 Å². The van der Waals surface area contributed by atoms with Crippen molar-refractivity contribution in [2.75, 3.05) is 21.3 Å². The first-order valence-electron chi connectivity index (χ1n) is 5.52. The van der Waals surface area contributed by atoms with Crippen LogP contribution in [-0.4, -0.2) is 27.6 Å². The number of aldehydes is 1. The van der Waals surface area contributed by atoms with Crippen molar-refractivity contribution in [1.82, 2.24) is 0 Å². The summed E-state index contributed by atoms with van der Waals surface area (Å²) in [5.74, 6) is 1.44. The minimum Gasteiger partial charge on any atom is -0.493 e. The third kappa shape index (κ3) is 2.70. The predicted molar refractivity (Wildman–Crippen MR) is 70.2 cm³/mol. The van der Waals surface area contributed by atoms with Gasteiger partial charge in [0.2, 0.25) is 5.75 Å². The molecule has 1 unspecified atom stereocenters. The molecule has 0 aromatic heterocycles. The number of hydrogen-bond acceptors (Lipinski definition) is 4. The summed E-state index contributed by atoms with van der Waals surface area (Å²) in [7, 11) is 4.59. The second kappa shape index (κ2) is 6.50. The third-order valence-corrected chi connectivity index (χ3v) is 3.07. The van der Waals surface area contributed by atoms with Crippen molar-refractivity contribution in [3.8, 4) is 17.2 Å². The lowest BCUT2D eigenvalue weighted by atomic mass is 9.96. The maximum absolute atomic E-state index is 10.6. The third-order valence-electron chi connectivity index (χ3n) is 2.76. The Hall–Kier alpha value is -1.42. The monoisotopic (exact) mass is 272 g/mol. The largest absolute Gasteiger partial charge is 0.493 e. The fraction of sp³-hybridized carbons (Fsp3) is 0.462. The van der Waals surface area contributed by atoms with Gasteiger partial charge < -0.3 is 19.0 Å². The molecule has 100 valence electrons.